The Morgan fingerprint density at radius 1 is 1.25 bits per heavy atom. The zero-order valence-corrected chi connectivity index (χ0v) is 11.3. The van der Waals surface area contributed by atoms with Crippen molar-refractivity contribution in [2.24, 2.45) is 0 Å². The summed E-state index contributed by atoms with van der Waals surface area (Å²) < 4.78 is 10.7. The Hall–Kier alpha value is -1.54. The number of hydrogen-bond donors (Lipinski definition) is 2. The van der Waals surface area contributed by atoms with E-state index in [0.717, 1.165) is 0 Å². The molecular weight excluding hydrogens is 264 g/mol. The lowest BCUT2D eigenvalue weighted by atomic mass is 10.2. The number of carbonyl (C=O) groups is 2. The summed E-state index contributed by atoms with van der Waals surface area (Å²) in [5.74, 6) is 0. The van der Waals surface area contributed by atoms with E-state index in [9.17, 15) is 9.59 Å². The van der Waals surface area contributed by atoms with Crippen molar-refractivity contribution < 1.29 is 19.1 Å². The normalized spacial score (nSPS) is 27.8. The summed E-state index contributed by atoms with van der Waals surface area (Å²) >= 11 is 0. The van der Waals surface area contributed by atoms with Gasteiger partial charge < -0.3 is 29.9 Å². The van der Waals surface area contributed by atoms with Crippen LogP contribution in [0.1, 0.15) is 0 Å². The molecule has 8 nitrogen and oxygen atoms in total. The molecule has 2 N–H and O–H groups in total. The molecular formula is C12H20N4O4. The summed E-state index contributed by atoms with van der Waals surface area (Å²) in [6, 6.07) is -0.154. The fourth-order valence-electron chi connectivity index (χ4n) is 2.75. The second kappa shape index (κ2) is 5.84. The van der Waals surface area contributed by atoms with Crippen molar-refractivity contribution in [2.45, 2.75) is 12.1 Å². The van der Waals surface area contributed by atoms with Crippen LogP contribution in [0.15, 0.2) is 0 Å². The summed E-state index contributed by atoms with van der Waals surface area (Å²) in [6.07, 6.45) is 0. The number of ether oxygens (including phenoxy) is 2. The van der Waals surface area contributed by atoms with Crippen molar-refractivity contribution in [1.82, 2.24) is 20.4 Å². The molecule has 3 rings (SSSR count). The molecule has 3 aliphatic rings. The molecule has 0 spiro atoms. The number of rotatable bonds is 1. The molecule has 0 aromatic carbocycles. The second-order valence-corrected chi connectivity index (χ2v) is 5.28. The van der Waals surface area contributed by atoms with Gasteiger partial charge in [-0.3, -0.25) is 0 Å². The molecule has 20 heavy (non-hydrogen) atoms. The lowest BCUT2D eigenvalue weighted by molar-refractivity contribution is 0.103. The highest BCUT2D eigenvalue weighted by atomic mass is 16.5. The topological polar surface area (TPSA) is 83.1 Å². The molecule has 3 saturated heterocycles. The molecule has 0 saturated carbocycles. The van der Waals surface area contributed by atoms with E-state index in [-0.39, 0.29) is 24.1 Å². The minimum atomic E-state index is -0.108. The van der Waals surface area contributed by atoms with Crippen molar-refractivity contribution in [3.8, 4) is 0 Å². The molecule has 3 heterocycles. The standard InChI is InChI=1S/C12H20N4O4/c17-11-13-5-10-6-15(1-2-16(10)11)12(18)14-9-7-19-3-4-20-8-9/h9-10H,1-8H2,(H,13,17)(H,14,18). The first-order valence-electron chi connectivity index (χ1n) is 6.99. The number of fused-ring (bicyclic) bond motifs is 1. The SMILES string of the molecule is O=C(NC1COCCOC1)N1CCN2C(=O)NCC2C1. The Morgan fingerprint density at radius 2 is 2.00 bits per heavy atom. The number of amides is 4. The molecule has 3 aliphatic heterocycles. The van der Waals surface area contributed by atoms with Crippen LogP contribution in [0.3, 0.4) is 0 Å². The van der Waals surface area contributed by atoms with Crippen molar-refractivity contribution in [1.29, 1.82) is 0 Å². The van der Waals surface area contributed by atoms with Gasteiger partial charge in [-0.25, -0.2) is 9.59 Å². The Labute approximate surface area is 117 Å². The van der Waals surface area contributed by atoms with E-state index in [1.54, 1.807) is 9.80 Å². The van der Waals surface area contributed by atoms with E-state index >= 15 is 0 Å². The third-order valence-electron chi connectivity index (χ3n) is 3.86. The zero-order valence-electron chi connectivity index (χ0n) is 11.3. The third-order valence-corrected chi connectivity index (χ3v) is 3.86. The molecule has 112 valence electrons. The third kappa shape index (κ3) is 2.80. The Bertz CT molecular complexity index is 384. The average molecular weight is 284 g/mol. The molecule has 4 amide bonds. The van der Waals surface area contributed by atoms with Crippen LogP contribution >= 0.6 is 0 Å². The maximum absolute atomic E-state index is 12.2. The Morgan fingerprint density at radius 3 is 2.75 bits per heavy atom. The van der Waals surface area contributed by atoms with E-state index < -0.39 is 0 Å². The summed E-state index contributed by atoms with van der Waals surface area (Å²) in [7, 11) is 0. The summed E-state index contributed by atoms with van der Waals surface area (Å²) in [5, 5.41) is 5.73. The maximum Gasteiger partial charge on any atom is 0.317 e. The van der Waals surface area contributed by atoms with Gasteiger partial charge in [0.05, 0.1) is 38.5 Å². The molecule has 8 heteroatoms. The van der Waals surface area contributed by atoms with Gasteiger partial charge in [0.2, 0.25) is 0 Å². The van der Waals surface area contributed by atoms with E-state index in [1.165, 1.54) is 0 Å². The largest absolute Gasteiger partial charge is 0.377 e. The number of hydrogen-bond acceptors (Lipinski definition) is 4. The van der Waals surface area contributed by atoms with Crippen molar-refractivity contribution in [3.63, 3.8) is 0 Å². The fraction of sp³-hybridized carbons (Fsp3) is 0.833. The van der Waals surface area contributed by atoms with Crippen LogP contribution in [0.5, 0.6) is 0 Å². The van der Waals surface area contributed by atoms with Crippen LogP contribution in [-0.2, 0) is 9.47 Å². The van der Waals surface area contributed by atoms with Gasteiger partial charge in [-0.2, -0.15) is 0 Å². The van der Waals surface area contributed by atoms with Gasteiger partial charge in [-0.15, -0.1) is 0 Å². The van der Waals surface area contributed by atoms with E-state index in [2.05, 4.69) is 10.6 Å². The predicted molar refractivity (Wildman–Crippen MR) is 69.4 cm³/mol. The summed E-state index contributed by atoms with van der Waals surface area (Å²) in [6.45, 7) is 4.43. The lowest BCUT2D eigenvalue weighted by Gasteiger charge is -2.36. The first-order chi connectivity index (χ1) is 9.74. The highest BCUT2D eigenvalue weighted by Crippen LogP contribution is 2.14. The number of nitrogens with zero attached hydrogens (tertiary/aromatic N) is 2. The van der Waals surface area contributed by atoms with Gasteiger partial charge >= 0.3 is 12.1 Å². The van der Waals surface area contributed by atoms with Crippen LogP contribution in [0.4, 0.5) is 9.59 Å². The molecule has 0 radical (unpaired) electrons. The number of carbonyl (C=O) groups excluding carboxylic acids is 2. The first-order valence-corrected chi connectivity index (χ1v) is 6.99. The van der Waals surface area contributed by atoms with Crippen molar-refractivity contribution in [3.05, 3.63) is 0 Å². The van der Waals surface area contributed by atoms with E-state index in [4.69, 9.17) is 9.47 Å². The van der Waals surface area contributed by atoms with Gasteiger partial charge in [-0.1, -0.05) is 0 Å². The highest BCUT2D eigenvalue weighted by molar-refractivity contribution is 5.79. The van der Waals surface area contributed by atoms with Gasteiger partial charge in [-0.05, 0) is 0 Å². The van der Waals surface area contributed by atoms with Crippen molar-refractivity contribution >= 4 is 12.1 Å². The molecule has 0 aromatic rings. The van der Waals surface area contributed by atoms with Crippen molar-refractivity contribution in [2.75, 3.05) is 52.6 Å². The first kappa shape index (κ1) is 13.4. The average Bonchev–Trinajstić information content (AvgIpc) is 2.66. The molecule has 1 unspecified atom stereocenters. The Kier molecular flexibility index (Phi) is 3.93. The maximum atomic E-state index is 12.2. The van der Waals surface area contributed by atoms with Gasteiger partial charge in [0.15, 0.2) is 0 Å². The fourth-order valence-corrected chi connectivity index (χ4v) is 2.75. The quantitative estimate of drug-likeness (QED) is 0.635. The molecule has 3 fully saturated rings. The minimum Gasteiger partial charge on any atom is -0.377 e. The van der Waals surface area contributed by atoms with Crippen LogP contribution in [0.2, 0.25) is 0 Å². The predicted octanol–water partition coefficient (Wildman–Crippen LogP) is -1.18. The smallest absolute Gasteiger partial charge is 0.317 e. The lowest BCUT2D eigenvalue weighted by Crippen LogP contribution is -2.57. The molecule has 1 atom stereocenters. The minimum absolute atomic E-state index is 0.0272. The molecule has 0 aliphatic carbocycles. The highest BCUT2D eigenvalue weighted by Gasteiger charge is 2.37. The van der Waals surface area contributed by atoms with Crippen LogP contribution in [0.25, 0.3) is 0 Å². The van der Waals surface area contributed by atoms with E-state index in [1.807, 2.05) is 0 Å². The van der Waals surface area contributed by atoms with Crippen LogP contribution < -0.4 is 10.6 Å². The summed E-state index contributed by atoms with van der Waals surface area (Å²) in [5.41, 5.74) is 0. The molecule has 0 aromatic heterocycles. The van der Waals surface area contributed by atoms with Gasteiger partial charge in [0, 0.05) is 26.2 Å². The van der Waals surface area contributed by atoms with Crippen LogP contribution in [-0.4, -0.2) is 86.6 Å². The summed E-state index contributed by atoms with van der Waals surface area (Å²) in [4.78, 5) is 27.3. The monoisotopic (exact) mass is 284 g/mol. The number of piperazine rings is 1. The van der Waals surface area contributed by atoms with Gasteiger partial charge in [0.1, 0.15) is 0 Å². The Balaban J connectivity index is 1.51. The second-order valence-electron chi connectivity index (χ2n) is 5.28. The van der Waals surface area contributed by atoms with Gasteiger partial charge in [0.25, 0.3) is 0 Å². The number of urea groups is 2. The number of nitrogens with one attached hydrogen (secondary N) is 2. The van der Waals surface area contributed by atoms with Crippen LogP contribution in [0, 0.1) is 0 Å². The zero-order chi connectivity index (χ0) is 13.9. The van der Waals surface area contributed by atoms with E-state index in [0.29, 0.717) is 52.6 Å². The molecule has 0 bridgehead atoms.